The zero-order valence-electron chi connectivity index (χ0n) is 11.3. The largest absolute Gasteiger partial charge is 0.445 e. The van der Waals surface area contributed by atoms with E-state index in [1.165, 1.54) is 0 Å². The van der Waals surface area contributed by atoms with E-state index in [4.69, 9.17) is 16.3 Å². The highest BCUT2D eigenvalue weighted by Crippen LogP contribution is 2.17. The predicted octanol–water partition coefficient (Wildman–Crippen LogP) is 4.28. The minimum atomic E-state index is -0.745. The second kappa shape index (κ2) is 7.64. The third-order valence-corrected chi connectivity index (χ3v) is 3.18. The molecule has 0 bridgehead atoms. The molecule has 2 aromatic carbocycles. The molecule has 0 aromatic heterocycles. The van der Waals surface area contributed by atoms with Crippen molar-refractivity contribution in [3.8, 4) is 0 Å². The van der Waals surface area contributed by atoms with Gasteiger partial charge in [0.25, 0.3) is 0 Å². The number of carbonyl (C=O) groups excluding carboxylic acids is 1. The highest BCUT2D eigenvalue weighted by Gasteiger charge is 2.15. The fourth-order valence-electron chi connectivity index (χ4n) is 1.81. The Hall–Kier alpha value is -2.07. The molecule has 1 amide bonds. The number of hydrogen-bond donors (Lipinski definition) is 1. The van der Waals surface area contributed by atoms with Crippen LogP contribution in [0.4, 0.5) is 9.18 Å². The van der Waals surface area contributed by atoms with Crippen LogP contribution >= 0.6 is 11.6 Å². The van der Waals surface area contributed by atoms with Gasteiger partial charge in [-0.15, -0.1) is 0 Å². The van der Waals surface area contributed by atoms with Gasteiger partial charge < -0.3 is 10.1 Å². The maximum absolute atomic E-state index is 13.1. The highest BCUT2D eigenvalue weighted by molar-refractivity contribution is 6.30. The number of amides is 1. The lowest BCUT2D eigenvalue weighted by Gasteiger charge is -2.16. The van der Waals surface area contributed by atoms with Crippen LogP contribution in [0.5, 0.6) is 0 Å². The first-order chi connectivity index (χ1) is 10.2. The zero-order chi connectivity index (χ0) is 15.1. The molecule has 0 saturated carbocycles. The number of carbonyl (C=O) groups is 1. The molecule has 1 atom stereocenters. The molecule has 0 aliphatic rings. The average molecular weight is 308 g/mol. The summed E-state index contributed by atoms with van der Waals surface area (Å²) >= 11 is 5.78. The Morgan fingerprint density at radius 3 is 2.43 bits per heavy atom. The Labute approximate surface area is 127 Å². The zero-order valence-corrected chi connectivity index (χ0v) is 12.0. The molecule has 0 radical (unpaired) electrons. The van der Waals surface area contributed by atoms with Crippen LogP contribution in [-0.4, -0.2) is 12.8 Å². The molecule has 0 heterocycles. The number of ether oxygens (including phenoxy) is 1. The summed E-state index contributed by atoms with van der Waals surface area (Å²) in [5.41, 5.74) is 1.51. The van der Waals surface area contributed by atoms with E-state index in [1.807, 2.05) is 30.3 Å². The van der Waals surface area contributed by atoms with Crippen LogP contribution < -0.4 is 5.32 Å². The van der Waals surface area contributed by atoms with Gasteiger partial charge in [-0.1, -0.05) is 54.1 Å². The minimum Gasteiger partial charge on any atom is -0.445 e. The summed E-state index contributed by atoms with van der Waals surface area (Å²) in [5.74, 6) is 0. The number of hydrogen-bond acceptors (Lipinski definition) is 2. The van der Waals surface area contributed by atoms with Crippen molar-refractivity contribution in [1.82, 2.24) is 5.32 Å². The van der Waals surface area contributed by atoms with Crippen molar-refractivity contribution in [1.29, 1.82) is 0 Å². The van der Waals surface area contributed by atoms with Crippen LogP contribution in [0.15, 0.2) is 54.6 Å². The molecular formula is C16H15ClFNO2. The van der Waals surface area contributed by atoms with Crippen LogP contribution in [-0.2, 0) is 11.3 Å². The first-order valence-electron chi connectivity index (χ1n) is 6.47. The second-order valence-electron chi connectivity index (χ2n) is 4.46. The van der Waals surface area contributed by atoms with Crippen molar-refractivity contribution >= 4 is 17.7 Å². The molecule has 2 rings (SSSR count). The van der Waals surface area contributed by atoms with Gasteiger partial charge in [-0.05, 0) is 23.3 Å². The van der Waals surface area contributed by atoms with E-state index in [0.717, 1.165) is 5.56 Å². The van der Waals surface area contributed by atoms with E-state index in [0.29, 0.717) is 10.6 Å². The maximum atomic E-state index is 13.1. The Balaban J connectivity index is 1.89. The lowest BCUT2D eigenvalue weighted by atomic mass is 10.1. The van der Waals surface area contributed by atoms with E-state index < -0.39 is 18.8 Å². The van der Waals surface area contributed by atoms with Crippen LogP contribution in [0.1, 0.15) is 17.2 Å². The van der Waals surface area contributed by atoms with Gasteiger partial charge in [0.1, 0.15) is 13.3 Å². The van der Waals surface area contributed by atoms with Gasteiger partial charge in [-0.25, -0.2) is 9.18 Å². The van der Waals surface area contributed by atoms with Crippen molar-refractivity contribution in [2.75, 3.05) is 6.67 Å². The maximum Gasteiger partial charge on any atom is 0.408 e. The number of alkyl carbamates (subject to hydrolysis) is 1. The molecule has 0 spiro atoms. The summed E-state index contributed by atoms with van der Waals surface area (Å²) in [5, 5.41) is 3.05. The molecule has 5 heteroatoms. The Bertz CT molecular complexity index is 575. The molecule has 21 heavy (non-hydrogen) atoms. The molecule has 1 unspecified atom stereocenters. The quantitative estimate of drug-likeness (QED) is 0.895. The van der Waals surface area contributed by atoms with Crippen molar-refractivity contribution in [2.24, 2.45) is 0 Å². The first kappa shape index (κ1) is 15.3. The molecule has 2 aromatic rings. The molecule has 3 nitrogen and oxygen atoms in total. The van der Waals surface area contributed by atoms with Crippen molar-refractivity contribution < 1.29 is 13.9 Å². The summed E-state index contributed by atoms with van der Waals surface area (Å²) in [6, 6.07) is 15.2. The number of rotatable bonds is 5. The first-order valence-corrected chi connectivity index (χ1v) is 6.85. The topological polar surface area (TPSA) is 38.3 Å². The Morgan fingerprint density at radius 2 is 1.81 bits per heavy atom. The molecule has 0 aliphatic heterocycles. The van der Waals surface area contributed by atoms with Crippen LogP contribution in [0, 0.1) is 0 Å². The molecule has 0 aliphatic carbocycles. The molecule has 110 valence electrons. The molecule has 1 N–H and O–H groups in total. The monoisotopic (exact) mass is 307 g/mol. The van der Waals surface area contributed by atoms with Crippen LogP contribution in [0.2, 0.25) is 5.02 Å². The lowest BCUT2D eigenvalue weighted by molar-refractivity contribution is 0.133. The third-order valence-electron chi connectivity index (χ3n) is 2.93. The molecule has 0 saturated heterocycles. The summed E-state index contributed by atoms with van der Waals surface area (Å²) in [7, 11) is 0. The standard InChI is InChI=1S/C16H15ClFNO2/c17-14-8-6-13(7-9-14)15(10-18)19-16(20)21-11-12-4-2-1-3-5-12/h1-9,15H,10-11H2,(H,19,20). The molecular weight excluding hydrogens is 293 g/mol. The predicted molar refractivity (Wildman–Crippen MR) is 79.9 cm³/mol. The van der Waals surface area contributed by atoms with E-state index in [9.17, 15) is 9.18 Å². The smallest absolute Gasteiger partial charge is 0.408 e. The number of halogens is 2. The number of benzene rings is 2. The Morgan fingerprint density at radius 1 is 1.14 bits per heavy atom. The van der Waals surface area contributed by atoms with Crippen LogP contribution in [0.25, 0.3) is 0 Å². The normalized spacial score (nSPS) is 11.7. The van der Waals surface area contributed by atoms with Crippen molar-refractivity contribution in [2.45, 2.75) is 12.6 Å². The van der Waals surface area contributed by atoms with Gasteiger partial charge in [0.2, 0.25) is 0 Å². The third kappa shape index (κ3) is 4.76. The number of alkyl halides is 1. The van der Waals surface area contributed by atoms with Crippen molar-refractivity contribution in [3.05, 3.63) is 70.7 Å². The van der Waals surface area contributed by atoms with Gasteiger partial charge in [-0.2, -0.15) is 0 Å². The van der Waals surface area contributed by atoms with Crippen LogP contribution in [0.3, 0.4) is 0 Å². The average Bonchev–Trinajstić information content (AvgIpc) is 2.52. The van der Waals surface area contributed by atoms with E-state index >= 15 is 0 Å². The fraction of sp³-hybridized carbons (Fsp3) is 0.188. The summed E-state index contributed by atoms with van der Waals surface area (Å²) < 4.78 is 18.1. The summed E-state index contributed by atoms with van der Waals surface area (Å²) in [4.78, 5) is 11.7. The lowest BCUT2D eigenvalue weighted by Crippen LogP contribution is -2.30. The van der Waals surface area contributed by atoms with E-state index in [1.54, 1.807) is 24.3 Å². The highest BCUT2D eigenvalue weighted by atomic mass is 35.5. The van der Waals surface area contributed by atoms with Gasteiger partial charge in [0, 0.05) is 5.02 Å². The second-order valence-corrected chi connectivity index (χ2v) is 4.90. The van der Waals surface area contributed by atoms with Gasteiger partial charge in [0.05, 0.1) is 6.04 Å². The summed E-state index contributed by atoms with van der Waals surface area (Å²) in [6.45, 7) is -0.575. The van der Waals surface area contributed by atoms with Crippen molar-refractivity contribution in [3.63, 3.8) is 0 Å². The minimum absolute atomic E-state index is 0.145. The van der Waals surface area contributed by atoms with E-state index in [-0.39, 0.29) is 6.61 Å². The van der Waals surface area contributed by atoms with Gasteiger partial charge in [0.15, 0.2) is 0 Å². The SMILES string of the molecule is O=C(NC(CF)c1ccc(Cl)cc1)OCc1ccccc1. The Kier molecular flexibility index (Phi) is 5.58. The molecule has 0 fully saturated rings. The fourth-order valence-corrected chi connectivity index (χ4v) is 1.94. The van der Waals surface area contributed by atoms with Gasteiger partial charge in [-0.3, -0.25) is 0 Å². The summed E-state index contributed by atoms with van der Waals surface area (Å²) in [6.07, 6.45) is -0.656. The van der Waals surface area contributed by atoms with E-state index in [2.05, 4.69) is 5.32 Å². The van der Waals surface area contributed by atoms with Gasteiger partial charge >= 0.3 is 6.09 Å². The number of nitrogens with one attached hydrogen (secondary N) is 1.